The Labute approximate surface area is 114 Å². The van der Waals surface area contributed by atoms with Crippen molar-refractivity contribution < 1.29 is 19.4 Å². The number of hydrogen-bond acceptors (Lipinski definition) is 3. The van der Waals surface area contributed by atoms with Crippen molar-refractivity contribution in [3.05, 3.63) is 0 Å². The summed E-state index contributed by atoms with van der Waals surface area (Å²) in [5, 5.41) is 11.8. The Hall–Kier alpha value is -1.30. The van der Waals surface area contributed by atoms with Crippen LogP contribution in [0.15, 0.2) is 0 Å². The lowest BCUT2D eigenvalue weighted by molar-refractivity contribution is -0.143. The van der Waals surface area contributed by atoms with Gasteiger partial charge in [0.05, 0.1) is 24.7 Å². The first-order valence-electron chi connectivity index (χ1n) is 6.62. The predicted molar refractivity (Wildman–Crippen MR) is 71.0 cm³/mol. The number of carboxylic acids is 1. The molecule has 1 unspecified atom stereocenters. The molecule has 6 nitrogen and oxygen atoms in total. The number of morpholine rings is 1. The molecule has 0 radical (unpaired) electrons. The van der Waals surface area contributed by atoms with Crippen molar-refractivity contribution >= 4 is 12.0 Å². The average Bonchev–Trinajstić information content (AvgIpc) is 2.26. The number of nitrogens with zero attached hydrogens (tertiary/aromatic N) is 1. The number of carbonyl (C=O) groups is 2. The third-order valence-corrected chi connectivity index (χ3v) is 3.31. The summed E-state index contributed by atoms with van der Waals surface area (Å²) in [6.45, 7) is 9.25. The molecular formula is C13H24N2O4. The Balaban J connectivity index is 2.48. The SMILES string of the molecule is CC(C)C(CNC(=O)N1CCOC(C)(C)C1)C(=O)O. The molecule has 0 saturated carbocycles. The first-order chi connectivity index (χ1) is 8.73. The highest BCUT2D eigenvalue weighted by Gasteiger charge is 2.30. The van der Waals surface area contributed by atoms with E-state index < -0.39 is 11.9 Å². The molecule has 110 valence electrons. The van der Waals surface area contributed by atoms with Crippen molar-refractivity contribution in [3.63, 3.8) is 0 Å². The Kier molecular flexibility index (Phi) is 5.17. The lowest BCUT2D eigenvalue weighted by Crippen LogP contribution is -2.54. The van der Waals surface area contributed by atoms with Crippen LogP contribution in [0.1, 0.15) is 27.7 Å². The van der Waals surface area contributed by atoms with Crippen molar-refractivity contribution in [1.82, 2.24) is 10.2 Å². The van der Waals surface area contributed by atoms with Gasteiger partial charge in [0, 0.05) is 13.1 Å². The van der Waals surface area contributed by atoms with E-state index in [0.717, 1.165) is 0 Å². The number of carbonyl (C=O) groups excluding carboxylic acids is 1. The van der Waals surface area contributed by atoms with E-state index in [2.05, 4.69) is 5.32 Å². The van der Waals surface area contributed by atoms with Crippen LogP contribution >= 0.6 is 0 Å². The van der Waals surface area contributed by atoms with E-state index in [1.165, 1.54) is 0 Å². The molecule has 6 heteroatoms. The molecule has 1 aliphatic rings. The average molecular weight is 272 g/mol. The quantitative estimate of drug-likeness (QED) is 0.805. The number of aliphatic carboxylic acids is 1. The van der Waals surface area contributed by atoms with Gasteiger partial charge in [-0.3, -0.25) is 4.79 Å². The van der Waals surface area contributed by atoms with Crippen LogP contribution in [0.2, 0.25) is 0 Å². The Morgan fingerprint density at radius 2 is 2.05 bits per heavy atom. The number of urea groups is 1. The van der Waals surface area contributed by atoms with Crippen LogP contribution in [0.5, 0.6) is 0 Å². The highest BCUT2D eigenvalue weighted by molar-refractivity contribution is 5.76. The highest BCUT2D eigenvalue weighted by atomic mass is 16.5. The topological polar surface area (TPSA) is 78.9 Å². The monoisotopic (exact) mass is 272 g/mol. The van der Waals surface area contributed by atoms with Gasteiger partial charge in [-0.25, -0.2) is 4.79 Å². The fourth-order valence-electron chi connectivity index (χ4n) is 2.11. The molecule has 1 heterocycles. The number of carboxylic acid groups (broad SMARTS) is 1. The maximum absolute atomic E-state index is 12.0. The highest BCUT2D eigenvalue weighted by Crippen LogP contribution is 2.16. The molecule has 2 N–H and O–H groups in total. The molecule has 1 aliphatic heterocycles. The number of amides is 2. The van der Waals surface area contributed by atoms with Crippen LogP contribution in [0.3, 0.4) is 0 Å². The van der Waals surface area contributed by atoms with Gasteiger partial charge in [0.25, 0.3) is 0 Å². The molecule has 2 amide bonds. The summed E-state index contributed by atoms with van der Waals surface area (Å²) in [4.78, 5) is 24.7. The van der Waals surface area contributed by atoms with Crippen LogP contribution in [-0.4, -0.2) is 53.8 Å². The molecule has 0 spiro atoms. The molecule has 0 aromatic heterocycles. The molecule has 1 atom stereocenters. The summed E-state index contributed by atoms with van der Waals surface area (Å²) >= 11 is 0. The second-order valence-electron chi connectivity index (χ2n) is 5.90. The molecular weight excluding hydrogens is 248 g/mol. The lowest BCUT2D eigenvalue weighted by atomic mass is 9.96. The molecule has 19 heavy (non-hydrogen) atoms. The predicted octanol–water partition coefficient (Wildman–Crippen LogP) is 1.16. The number of rotatable bonds is 4. The third-order valence-electron chi connectivity index (χ3n) is 3.31. The number of ether oxygens (including phenoxy) is 1. The van der Waals surface area contributed by atoms with E-state index in [-0.39, 0.29) is 24.1 Å². The van der Waals surface area contributed by atoms with Gasteiger partial charge in [0.15, 0.2) is 0 Å². The Morgan fingerprint density at radius 3 is 2.53 bits per heavy atom. The fourth-order valence-corrected chi connectivity index (χ4v) is 2.11. The van der Waals surface area contributed by atoms with Gasteiger partial charge >= 0.3 is 12.0 Å². The van der Waals surface area contributed by atoms with Crippen LogP contribution in [0.4, 0.5) is 4.79 Å². The van der Waals surface area contributed by atoms with Crippen LogP contribution < -0.4 is 5.32 Å². The molecule has 1 rings (SSSR count). The van der Waals surface area contributed by atoms with E-state index in [4.69, 9.17) is 9.84 Å². The third kappa shape index (κ3) is 4.70. The standard InChI is InChI=1S/C13H24N2O4/c1-9(2)10(11(16)17)7-14-12(18)15-5-6-19-13(3,4)8-15/h9-10H,5-8H2,1-4H3,(H,14,18)(H,16,17). The Bertz CT molecular complexity index is 342. The van der Waals surface area contributed by atoms with Gasteiger partial charge in [-0.2, -0.15) is 0 Å². The van der Waals surface area contributed by atoms with Crippen molar-refractivity contribution in [2.24, 2.45) is 11.8 Å². The zero-order chi connectivity index (χ0) is 14.6. The lowest BCUT2D eigenvalue weighted by Gasteiger charge is -2.38. The van der Waals surface area contributed by atoms with Gasteiger partial charge in [0.2, 0.25) is 0 Å². The molecule has 1 saturated heterocycles. The van der Waals surface area contributed by atoms with Gasteiger partial charge in [-0.1, -0.05) is 13.8 Å². The summed E-state index contributed by atoms with van der Waals surface area (Å²) in [5.41, 5.74) is -0.347. The maximum atomic E-state index is 12.0. The van der Waals surface area contributed by atoms with E-state index in [1.807, 2.05) is 27.7 Å². The van der Waals surface area contributed by atoms with E-state index in [1.54, 1.807) is 4.90 Å². The molecule has 0 aliphatic carbocycles. The van der Waals surface area contributed by atoms with Gasteiger partial charge in [-0.05, 0) is 19.8 Å². The van der Waals surface area contributed by atoms with Crippen molar-refractivity contribution in [2.75, 3.05) is 26.2 Å². The minimum Gasteiger partial charge on any atom is -0.481 e. The second-order valence-corrected chi connectivity index (χ2v) is 5.90. The minimum atomic E-state index is -0.877. The summed E-state index contributed by atoms with van der Waals surface area (Å²) < 4.78 is 5.53. The van der Waals surface area contributed by atoms with Crippen molar-refractivity contribution in [3.8, 4) is 0 Å². The van der Waals surface area contributed by atoms with Gasteiger partial charge < -0.3 is 20.1 Å². The first kappa shape index (κ1) is 15.8. The smallest absolute Gasteiger partial charge is 0.317 e. The van der Waals surface area contributed by atoms with Crippen LogP contribution in [0, 0.1) is 11.8 Å². The van der Waals surface area contributed by atoms with Crippen molar-refractivity contribution in [2.45, 2.75) is 33.3 Å². The minimum absolute atomic E-state index is 0.0149. The van der Waals surface area contributed by atoms with E-state index in [9.17, 15) is 9.59 Å². The summed E-state index contributed by atoms with van der Waals surface area (Å²) in [7, 11) is 0. The molecule has 1 fully saturated rings. The summed E-state index contributed by atoms with van der Waals surface area (Å²) in [6, 6.07) is -0.219. The molecule has 0 bridgehead atoms. The fraction of sp³-hybridized carbons (Fsp3) is 0.846. The first-order valence-corrected chi connectivity index (χ1v) is 6.62. The summed E-state index contributed by atoms with van der Waals surface area (Å²) in [5.74, 6) is -1.45. The van der Waals surface area contributed by atoms with Crippen LogP contribution in [0.25, 0.3) is 0 Å². The Morgan fingerprint density at radius 1 is 1.42 bits per heavy atom. The largest absolute Gasteiger partial charge is 0.481 e. The zero-order valence-electron chi connectivity index (χ0n) is 12.1. The molecule has 0 aromatic carbocycles. The number of hydrogen-bond donors (Lipinski definition) is 2. The van der Waals surface area contributed by atoms with Gasteiger partial charge in [-0.15, -0.1) is 0 Å². The van der Waals surface area contributed by atoms with E-state index in [0.29, 0.717) is 19.7 Å². The maximum Gasteiger partial charge on any atom is 0.317 e. The van der Waals surface area contributed by atoms with Crippen molar-refractivity contribution in [1.29, 1.82) is 0 Å². The van der Waals surface area contributed by atoms with Crippen LogP contribution in [-0.2, 0) is 9.53 Å². The number of nitrogens with one attached hydrogen (secondary N) is 1. The van der Waals surface area contributed by atoms with E-state index >= 15 is 0 Å². The van der Waals surface area contributed by atoms with Gasteiger partial charge in [0.1, 0.15) is 0 Å². The second kappa shape index (κ2) is 6.23. The summed E-state index contributed by atoms with van der Waals surface area (Å²) in [6.07, 6.45) is 0. The molecule has 0 aromatic rings. The normalized spacial score (nSPS) is 20.2. The zero-order valence-corrected chi connectivity index (χ0v) is 12.1.